The van der Waals surface area contributed by atoms with Crippen molar-refractivity contribution in [1.29, 1.82) is 0 Å². The molecule has 19 heavy (non-hydrogen) atoms. The molecule has 4 atom stereocenters. The van der Waals surface area contributed by atoms with Gasteiger partial charge in [0.2, 0.25) is 0 Å². The smallest absolute Gasteiger partial charge is 0.251 e. The molecule has 2 aliphatic rings. The Morgan fingerprint density at radius 2 is 2.32 bits per heavy atom. The quantitative estimate of drug-likeness (QED) is 0.863. The third kappa shape index (κ3) is 2.14. The first kappa shape index (κ1) is 12.9. The number of hydrogen-bond donors (Lipinski definition) is 2. The zero-order valence-electron chi connectivity index (χ0n) is 10.7. The van der Waals surface area contributed by atoms with Crippen LogP contribution in [-0.4, -0.2) is 30.7 Å². The second-order valence-electron chi connectivity index (χ2n) is 5.32. The summed E-state index contributed by atoms with van der Waals surface area (Å²) in [5, 5.41) is 3.53. The summed E-state index contributed by atoms with van der Waals surface area (Å²) in [6, 6.07) is 5.21. The fourth-order valence-corrected chi connectivity index (χ4v) is 3.17. The first-order valence-corrected chi connectivity index (χ1v) is 6.90. The molecule has 4 nitrogen and oxygen atoms in total. The molecular weight excluding hydrogens is 264 g/mol. The summed E-state index contributed by atoms with van der Waals surface area (Å²) in [6.45, 7) is 2.63. The molecule has 2 fully saturated rings. The summed E-state index contributed by atoms with van der Waals surface area (Å²) in [4.78, 5) is 12.3. The fourth-order valence-electron chi connectivity index (χ4n) is 3.00. The molecule has 0 aromatic heterocycles. The van der Waals surface area contributed by atoms with Crippen molar-refractivity contribution >= 4 is 17.5 Å². The maximum atomic E-state index is 12.3. The number of carbonyl (C=O) groups excluding carboxylic acids is 1. The third-order valence-electron chi connectivity index (χ3n) is 4.19. The minimum atomic E-state index is -0.130. The van der Waals surface area contributed by atoms with E-state index in [0.717, 1.165) is 18.6 Å². The number of halogens is 1. The van der Waals surface area contributed by atoms with Gasteiger partial charge >= 0.3 is 0 Å². The number of carbonyl (C=O) groups is 1. The van der Waals surface area contributed by atoms with Gasteiger partial charge < -0.3 is 15.8 Å². The lowest BCUT2D eigenvalue weighted by Crippen LogP contribution is -2.69. The highest BCUT2D eigenvalue weighted by Crippen LogP contribution is 2.37. The van der Waals surface area contributed by atoms with Gasteiger partial charge in [-0.15, -0.1) is 0 Å². The monoisotopic (exact) mass is 280 g/mol. The van der Waals surface area contributed by atoms with Crippen LogP contribution >= 0.6 is 11.6 Å². The van der Waals surface area contributed by atoms with Crippen molar-refractivity contribution in [3.05, 3.63) is 34.3 Å². The van der Waals surface area contributed by atoms with Crippen LogP contribution in [0.5, 0.6) is 0 Å². The van der Waals surface area contributed by atoms with E-state index >= 15 is 0 Å². The lowest BCUT2D eigenvalue weighted by Gasteiger charge is -2.45. The maximum Gasteiger partial charge on any atom is 0.251 e. The molecule has 4 unspecified atom stereocenters. The number of ether oxygens (including phenoxy) is 1. The predicted molar refractivity (Wildman–Crippen MR) is 73.3 cm³/mol. The molecule has 3 rings (SSSR count). The van der Waals surface area contributed by atoms with Crippen molar-refractivity contribution < 1.29 is 9.53 Å². The van der Waals surface area contributed by atoms with Gasteiger partial charge in [0, 0.05) is 29.2 Å². The molecule has 5 heteroatoms. The molecule has 0 bridgehead atoms. The molecule has 1 aliphatic carbocycles. The average Bonchev–Trinajstić information content (AvgIpc) is 2.83. The van der Waals surface area contributed by atoms with Crippen LogP contribution in [-0.2, 0) is 4.74 Å². The standard InChI is InChI=1S/C14H17ClN2O2/c1-7-2-3-8(15)6-10(7)14(18)17-12-11(16)9-4-5-19-13(9)12/h2-3,6,9,11-13H,4-5,16H2,1H3,(H,17,18). The van der Waals surface area contributed by atoms with Crippen LogP contribution in [0.3, 0.4) is 0 Å². The molecule has 1 amide bonds. The van der Waals surface area contributed by atoms with Crippen LogP contribution in [0.1, 0.15) is 22.3 Å². The van der Waals surface area contributed by atoms with Crippen molar-refractivity contribution in [3.8, 4) is 0 Å². The van der Waals surface area contributed by atoms with Gasteiger partial charge in [-0.2, -0.15) is 0 Å². The molecule has 0 spiro atoms. The minimum absolute atomic E-state index is 0.00376. The summed E-state index contributed by atoms with van der Waals surface area (Å²) in [7, 11) is 0. The molecule has 1 aromatic rings. The Bertz CT molecular complexity index is 520. The van der Waals surface area contributed by atoms with E-state index < -0.39 is 0 Å². The fraction of sp³-hybridized carbons (Fsp3) is 0.500. The Balaban J connectivity index is 1.73. The van der Waals surface area contributed by atoms with Crippen molar-refractivity contribution in [1.82, 2.24) is 5.32 Å². The van der Waals surface area contributed by atoms with Gasteiger partial charge in [0.1, 0.15) is 0 Å². The first-order chi connectivity index (χ1) is 9.08. The Morgan fingerprint density at radius 3 is 3.11 bits per heavy atom. The minimum Gasteiger partial charge on any atom is -0.376 e. The van der Waals surface area contributed by atoms with Crippen molar-refractivity contribution in [2.45, 2.75) is 31.5 Å². The highest BCUT2D eigenvalue weighted by atomic mass is 35.5. The number of benzene rings is 1. The van der Waals surface area contributed by atoms with E-state index in [1.54, 1.807) is 12.1 Å². The normalized spacial score (nSPS) is 32.6. The lowest BCUT2D eigenvalue weighted by molar-refractivity contribution is -0.0161. The number of amides is 1. The summed E-state index contributed by atoms with van der Waals surface area (Å²) < 4.78 is 5.60. The summed E-state index contributed by atoms with van der Waals surface area (Å²) in [5.41, 5.74) is 7.58. The third-order valence-corrected chi connectivity index (χ3v) is 4.42. The van der Waals surface area contributed by atoms with Crippen LogP contribution in [0.15, 0.2) is 18.2 Å². The zero-order chi connectivity index (χ0) is 13.6. The van der Waals surface area contributed by atoms with E-state index in [0.29, 0.717) is 16.5 Å². The van der Waals surface area contributed by atoms with Crippen molar-refractivity contribution in [2.24, 2.45) is 11.7 Å². The molecule has 3 N–H and O–H groups in total. The molecular formula is C14H17ClN2O2. The van der Waals surface area contributed by atoms with Gasteiger partial charge in [-0.05, 0) is 31.0 Å². The molecule has 1 aliphatic heterocycles. The van der Waals surface area contributed by atoms with E-state index in [2.05, 4.69) is 5.32 Å². The molecule has 102 valence electrons. The molecule has 1 aromatic carbocycles. The molecule has 1 saturated carbocycles. The molecule has 1 heterocycles. The topological polar surface area (TPSA) is 64.4 Å². The van der Waals surface area contributed by atoms with E-state index in [9.17, 15) is 4.79 Å². The Morgan fingerprint density at radius 1 is 1.53 bits per heavy atom. The predicted octanol–water partition coefficient (Wildman–Crippen LogP) is 1.49. The number of nitrogens with two attached hydrogens (primary N) is 1. The highest BCUT2D eigenvalue weighted by molar-refractivity contribution is 6.31. The number of nitrogens with one attached hydrogen (secondary N) is 1. The Kier molecular flexibility index (Phi) is 3.25. The number of aryl methyl sites for hydroxylation is 1. The second-order valence-corrected chi connectivity index (χ2v) is 5.76. The van der Waals surface area contributed by atoms with Crippen LogP contribution in [0, 0.1) is 12.8 Å². The summed E-state index contributed by atoms with van der Waals surface area (Å²) >= 11 is 5.93. The Hall–Kier alpha value is -1.10. The number of rotatable bonds is 2. The highest BCUT2D eigenvalue weighted by Gasteiger charge is 2.52. The van der Waals surface area contributed by atoms with Gasteiger partial charge in [0.25, 0.3) is 5.91 Å². The number of fused-ring (bicyclic) bond motifs is 1. The lowest BCUT2D eigenvalue weighted by atomic mass is 9.72. The largest absolute Gasteiger partial charge is 0.376 e. The molecule has 1 saturated heterocycles. The van der Waals surface area contributed by atoms with Gasteiger partial charge in [0.05, 0.1) is 12.1 Å². The van der Waals surface area contributed by atoms with Crippen LogP contribution in [0.4, 0.5) is 0 Å². The second kappa shape index (κ2) is 4.78. The summed E-state index contributed by atoms with van der Waals surface area (Å²) in [6.07, 6.45) is 1.08. The van der Waals surface area contributed by atoms with Gasteiger partial charge in [0.15, 0.2) is 0 Å². The van der Waals surface area contributed by atoms with E-state index in [4.69, 9.17) is 22.1 Å². The van der Waals surface area contributed by atoms with Crippen molar-refractivity contribution in [2.75, 3.05) is 6.61 Å². The zero-order valence-corrected chi connectivity index (χ0v) is 11.5. The van der Waals surface area contributed by atoms with Crippen LogP contribution in [0.2, 0.25) is 5.02 Å². The van der Waals surface area contributed by atoms with E-state index in [1.807, 2.05) is 13.0 Å². The molecule has 0 radical (unpaired) electrons. The van der Waals surface area contributed by atoms with Crippen molar-refractivity contribution in [3.63, 3.8) is 0 Å². The first-order valence-electron chi connectivity index (χ1n) is 6.52. The SMILES string of the molecule is Cc1ccc(Cl)cc1C(=O)NC1C(N)C2CCOC21. The average molecular weight is 281 g/mol. The summed E-state index contributed by atoms with van der Waals surface area (Å²) in [5.74, 6) is 0.264. The van der Waals surface area contributed by atoms with Gasteiger partial charge in [-0.3, -0.25) is 4.79 Å². The van der Waals surface area contributed by atoms with E-state index in [-0.39, 0.29) is 24.1 Å². The van der Waals surface area contributed by atoms with Gasteiger partial charge in [-0.1, -0.05) is 17.7 Å². The Labute approximate surface area is 117 Å². The van der Waals surface area contributed by atoms with E-state index in [1.165, 1.54) is 0 Å². The van der Waals surface area contributed by atoms with Gasteiger partial charge in [-0.25, -0.2) is 0 Å². The van der Waals surface area contributed by atoms with Crippen LogP contribution in [0.25, 0.3) is 0 Å². The van der Waals surface area contributed by atoms with Crippen LogP contribution < -0.4 is 11.1 Å². The number of hydrogen-bond acceptors (Lipinski definition) is 3. The maximum absolute atomic E-state index is 12.3.